The van der Waals surface area contributed by atoms with E-state index in [1.54, 1.807) is 12.1 Å². The molecule has 0 aliphatic rings. The maximum atomic E-state index is 13.0. The van der Waals surface area contributed by atoms with Crippen LogP contribution in [0.1, 0.15) is 15.9 Å². The average Bonchev–Trinajstić information content (AvgIpc) is 2.66. The van der Waals surface area contributed by atoms with E-state index in [9.17, 15) is 22.4 Å². The fraction of sp³-hybridized carbons (Fsp3) is 0.222. The second-order valence-electron chi connectivity index (χ2n) is 5.87. The van der Waals surface area contributed by atoms with E-state index in [1.807, 2.05) is 0 Å². The number of sulfonamides is 1. The monoisotopic (exact) mass is 393 g/mol. The van der Waals surface area contributed by atoms with Gasteiger partial charge in [0.15, 0.2) is 0 Å². The molecule has 0 saturated carbocycles. The van der Waals surface area contributed by atoms with Gasteiger partial charge in [0.1, 0.15) is 5.82 Å². The number of nitrogens with two attached hydrogens (primary N) is 1. The summed E-state index contributed by atoms with van der Waals surface area (Å²) in [5, 5.41) is 2.61. The van der Waals surface area contributed by atoms with Gasteiger partial charge in [-0.3, -0.25) is 9.59 Å². The summed E-state index contributed by atoms with van der Waals surface area (Å²) < 4.78 is 38.5. The lowest BCUT2D eigenvalue weighted by molar-refractivity contribution is -0.121. The van der Waals surface area contributed by atoms with Gasteiger partial charge in [0.25, 0.3) is 5.91 Å². The number of carbonyl (C=O) groups is 2. The SMILES string of the molecule is CNS(=O)(=O)c1ccc(C(=O)NCC(Cc2ccc(F)cc2)C(N)=O)cc1. The quantitative estimate of drug-likeness (QED) is 0.615. The third kappa shape index (κ3) is 5.60. The molecule has 0 spiro atoms. The van der Waals surface area contributed by atoms with Crippen molar-refractivity contribution in [2.75, 3.05) is 13.6 Å². The van der Waals surface area contributed by atoms with Crippen molar-refractivity contribution >= 4 is 21.8 Å². The molecular formula is C18H20FN3O4S. The number of hydrogen-bond acceptors (Lipinski definition) is 4. The van der Waals surface area contributed by atoms with Gasteiger partial charge in [0.05, 0.1) is 10.8 Å². The zero-order valence-electron chi connectivity index (χ0n) is 14.6. The van der Waals surface area contributed by atoms with Crippen molar-refractivity contribution in [2.24, 2.45) is 11.7 Å². The lowest BCUT2D eigenvalue weighted by Crippen LogP contribution is -2.37. The maximum absolute atomic E-state index is 13.0. The van der Waals surface area contributed by atoms with Crippen LogP contribution >= 0.6 is 0 Å². The van der Waals surface area contributed by atoms with E-state index < -0.39 is 27.8 Å². The smallest absolute Gasteiger partial charge is 0.251 e. The van der Waals surface area contributed by atoms with Gasteiger partial charge in [-0.05, 0) is 55.4 Å². The Labute approximate surface area is 156 Å². The standard InChI is InChI=1S/C18H20FN3O4S/c1-21-27(25,26)16-8-4-13(5-9-16)18(24)22-11-14(17(20)23)10-12-2-6-15(19)7-3-12/h2-9,14,21H,10-11H2,1H3,(H2,20,23)(H,22,24). The Morgan fingerprint density at radius 1 is 1.07 bits per heavy atom. The highest BCUT2D eigenvalue weighted by Crippen LogP contribution is 2.12. The van der Waals surface area contributed by atoms with E-state index in [0.717, 1.165) is 5.56 Å². The van der Waals surface area contributed by atoms with Crippen LogP contribution < -0.4 is 15.8 Å². The van der Waals surface area contributed by atoms with Crippen LogP contribution in [0.2, 0.25) is 0 Å². The first kappa shape index (κ1) is 20.5. The number of amides is 2. The molecule has 4 N–H and O–H groups in total. The summed E-state index contributed by atoms with van der Waals surface area (Å²) in [6.07, 6.45) is 0.259. The van der Waals surface area contributed by atoms with Crippen molar-refractivity contribution in [1.29, 1.82) is 0 Å². The largest absolute Gasteiger partial charge is 0.369 e. The van der Waals surface area contributed by atoms with Crippen LogP contribution in [-0.4, -0.2) is 33.8 Å². The van der Waals surface area contributed by atoms with Crippen LogP contribution in [0.4, 0.5) is 4.39 Å². The number of carbonyl (C=O) groups excluding carboxylic acids is 2. The minimum absolute atomic E-state index is 0.00209. The number of rotatable bonds is 8. The molecule has 7 nitrogen and oxygen atoms in total. The lowest BCUT2D eigenvalue weighted by Gasteiger charge is -2.15. The van der Waals surface area contributed by atoms with Crippen molar-refractivity contribution in [3.63, 3.8) is 0 Å². The number of hydrogen-bond donors (Lipinski definition) is 3. The molecular weight excluding hydrogens is 373 g/mol. The molecule has 0 radical (unpaired) electrons. The number of benzene rings is 2. The molecule has 0 bridgehead atoms. The molecule has 0 heterocycles. The molecule has 1 unspecified atom stereocenters. The fourth-order valence-corrected chi connectivity index (χ4v) is 3.13. The Bertz CT molecular complexity index is 913. The summed E-state index contributed by atoms with van der Waals surface area (Å²) in [5.41, 5.74) is 6.35. The van der Waals surface area contributed by atoms with Crippen LogP contribution in [0, 0.1) is 11.7 Å². The van der Waals surface area contributed by atoms with Gasteiger partial charge in [0, 0.05) is 12.1 Å². The molecule has 0 aromatic heterocycles. The average molecular weight is 393 g/mol. The molecule has 0 aliphatic carbocycles. The van der Waals surface area contributed by atoms with E-state index in [-0.39, 0.29) is 29.2 Å². The van der Waals surface area contributed by atoms with Gasteiger partial charge < -0.3 is 11.1 Å². The molecule has 2 rings (SSSR count). The molecule has 0 aliphatic heterocycles. The second kappa shape index (κ2) is 8.74. The molecule has 2 aromatic carbocycles. The molecule has 0 saturated heterocycles. The van der Waals surface area contributed by atoms with Crippen LogP contribution in [0.5, 0.6) is 0 Å². The highest BCUT2D eigenvalue weighted by molar-refractivity contribution is 7.89. The zero-order chi connectivity index (χ0) is 20.0. The summed E-state index contributed by atoms with van der Waals surface area (Å²) in [4.78, 5) is 23.9. The highest BCUT2D eigenvalue weighted by atomic mass is 32.2. The first-order valence-corrected chi connectivity index (χ1v) is 9.57. The Hall–Kier alpha value is -2.78. The minimum Gasteiger partial charge on any atom is -0.369 e. The summed E-state index contributed by atoms with van der Waals surface area (Å²) in [6, 6.07) is 11.0. The topological polar surface area (TPSA) is 118 Å². The van der Waals surface area contributed by atoms with Gasteiger partial charge in [-0.1, -0.05) is 12.1 Å². The zero-order valence-corrected chi connectivity index (χ0v) is 15.4. The van der Waals surface area contributed by atoms with Crippen LogP contribution in [0.3, 0.4) is 0 Å². The summed E-state index contributed by atoms with van der Waals surface area (Å²) in [7, 11) is -2.29. The Balaban J connectivity index is 2.01. The molecule has 27 heavy (non-hydrogen) atoms. The van der Waals surface area contributed by atoms with Crippen molar-refractivity contribution in [3.05, 3.63) is 65.5 Å². The predicted molar refractivity (Wildman–Crippen MR) is 97.8 cm³/mol. The number of primary amides is 1. The van der Waals surface area contributed by atoms with Gasteiger partial charge in [-0.25, -0.2) is 17.5 Å². The first-order valence-electron chi connectivity index (χ1n) is 8.08. The van der Waals surface area contributed by atoms with E-state index in [4.69, 9.17) is 5.73 Å². The molecule has 1 atom stereocenters. The van der Waals surface area contributed by atoms with Gasteiger partial charge >= 0.3 is 0 Å². The summed E-state index contributed by atoms with van der Waals surface area (Å²) in [6.45, 7) is 0.00209. The fourth-order valence-electron chi connectivity index (χ4n) is 2.40. The van der Waals surface area contributed by atoms with Gasteiger partial charge in [-0.15, -0.1) is 0 Å². The minimum atomic E-state index is -3.58. The second-order valence-corrected chi connectivity index (χ2v) is 7.76. The Kier molecular flexibility index (Phi) is 6.65. The molecule has 0 fully saturated rings. The summed E-state index contributed by atoms with van der Waals surface area (Å²) in [5.74, 6) is -2.10. The van der Waals surface area contributed by atoms with Crippen molar-refractivity contribution in [1.82, 2.24) is 10.0 Å². The van der Waals surface area contributed by atoms with Gasteiger partial charge in [-0.2, -0.15) is 0 Å². The molecule has 2 amide bonds. The normalized spacial score (nSPS) is 12.4. The summed E-state index contributed by atoms with van der Waals surface area (Å²) >= 11 is 0. The highest BCUT2D eigenvalue weighted by Gasteiger charge is 2.18. The molecule has 9 heteroatoms. The predicted octanol–water partition coefficient (Wildman–Crippen LogP) is 0.808. The third-order valence-corrected chi connectivity index (χ3v) is 5.43. The van der Waals surface area contributed by atoms with Crippen LogP contribution in [-0.2, 0) is 21.2 Å². The Morgan fingerprint density at radius 2 is 1.67 bits per heavy atom. The van der Waals surface area contributed by atoms with Crippen LogP contribution in [0.15, 0.2) is 53.4 Å². The van der Waals surface area contributed by atoms with E-state index in [1.165, 1.54) is 43.4 Å². The number of nitrogens with one attached hydrogen (secondary N) is 2. The van der Waals surface area contributed by atoms with Crippen molar-refractivity contribution in [2.45, 2.75) is 11.3 Å². The molecule has 2 aromatic rings. The third-order valence-electron chi connectivity index (χ3n) is 4.00. The number of halogens is 1. The van der Waals surface area contributed by atoms with E-state index in [2.05, 4.69) is 10.0 Å². The first-order chi connectivity index (χ1) is 12.7. The van der Waals surface area contributed by atoms with Crippen molar-refractivity contribution < 1.29 is 22.4 Å². The van der Waals surface area contributed by atoms with Crippen molar-refractivity contribution in [3.8, 4) is 0 Å². The van der Waals surface area contributed by atoms with E-state index >= 15 is 0 Å². The maximum Gasteiger partial charge on any atom is 0.251 e. The van der Waals surface area contributed by atoms with Crippen LogP contribution in [0.25, 0.3) is 0 Å². The Morgan fingerprint density at radius 3 is 2.19 bits per heavy atom. The van der Waals surface area contributed by atoms with Gasteiger partial charge in [0.2, 0.25) is 15.9 Å². The lowest BCUT2D eigenvalue weighted by atomic mass is 9.98. The van der Waals surface area contributed by atoms with E-state index in [0.29, 0.717) is 0 Å². The molecule has 144 valence electrons.